The number of hydrogen-bond donors (Lipinski definition) is 1. The van der Waals surface area contributed by atoms with Crippen molar-refractivity contribution in [1.29, 1.82) is 0 Å². The third-order valence-electron chi connectivity index (χ3n) is 5.89. The zero-order chi connectivity index (χ0) is 22.1. The summed E-state index contributed by atoms with van der Waals surface area (Å²) < 4.78 is 16.2. The van der Waals surface area contributed by atoms with Gasteiger partial charge in [-0.3, -0.25) is 4.79 Å². The van der Waals surface area contributed by atoms with Crippen LogP contribution in [0, 0.1) is 5.82 Å². The van der Waals surface area contributed by atoms with Crippen molar-refractivity contribution in [3.8, 4) is 11.3 Å². The standard InChI is InChI=1S/C23H25FN4O3/c1-3-16-12-20(22(29)27-10-6-4-5-7-14(27)2)25-21-13-19(26-28(16)21)17-9-8-15(23(30)31)11-18(17)24/h8-9,11-14H,3-7,10H2,1-2H3,(H,30,31). The molecule has 1 atom stereocenters. The van der Waals surface area contributed by atoms with E-state index in [0.717, 1.165) is 44.0 Å². The number of amides is 1. The van der Waals surface area contributed by atoms with E-state index in [-0.39, 0.29) is 23.1 Å². The lowest BCUT2D eigenvalue weighted by molar-refractivity contribution is 0.0684. The van der Waals surface area contributed by atoms with Crippen molar-refractivity contribution in [2.75, 3.05) is 6.54 Å². The van der Waals surface area contributed by atoms with Gasteiger partial charge in [0.1, 0.15) is 11.5 Å². The zero-order valence-electron chi connectivity index (χ0n) is 17.6. The van der Waals surface area contributed by atoms with E-state index in [1.807, 2.05) is 11.8 Å². The SMILES string of the molecule is CCc1cc(C(=O)N2CCCCCC2C)nc2cc(-c3ccc(C(=O)O)cc3F)nn12. The van der Waals surface area contributed by atoms with Crippen LogP contribution in [0.3, 0.4) is 0 Å². The average molecular weight is 424 g/mol. The Bertz CT molecular complexity index is 1160. The van der Waals surface area contributed by atoms with Gasteiger partial charge in [-0.2, -0.15) is 5.10 Å². The summed E-state index contributed by atoms with van der Waals surface area (Å²) in [4.78, 5) is 30.7. The number of benzene rings is 1. The van der Waals surface area contributed by atoms with Gasteiger partial charge in [-0.1, -0.05) is 19.8 Å². The number of carboxylic acid groups (broad SMARTS) is 1. The number of carbonyl (C=O) groups is 2. The maximum Gasteiger partial charge on any atom is 0.335 e. The molecule has 8 heteroatoms. The molecule has 4 rings (SSSR count). The number of fused-ring (bicyclic) bond motifs is 1. The Hall–Kier alpha value is -3.29. The van der Waals surface area contributed by atoms with Crippen molar-refractivity contribution in [1.82, 2.24) is 19.5 Å². The van der Waals surface area contributed by atoms with E-state index in [4.69, 9.17) is 5.11 Å². The molecule has 2 aromatic heterocycles. The lowest BCUT2D eigenvalue weighted by atomic mass is 10.1. The van der Waals surface area contributed by atoms with E-state index in [1.54, 1.807) is 16.6 Å². The number of aryl methyl sites for hydroxylation is 1. The molecule has 1 aliphatic heterocycles. The molecule has 3 aromatic rings. The fraction of sp³-hybridized carbons (Fsp3) is 0.391. The number of aromatic carboxylic acids is 1. The number of rotatable bonds is 4. The Labute approximate surface area is 179 Å². The van der Waals surface area contributed by atoms with Crippen LogP contribution in [-0.4, -0.2) is 49.1 Å². The predicted octanol–water partition coefficient (Wildman–Crippen LogP) is 4.20. The minimum Gasteiger partial charge on any atom is -0.478 e. The van der Waals surface area contributed by atoms with Gasteiger partial charge in [0.05, 0.1) is 11.3 Å². The second kappa shape index (κ2) is 8.45. The number of carboxylic acids is 1. The molecule has 1 saturated heterocycles. The number of carbonyl (C=O) groups excluding carboxylic acids is 1. The van der Waals surface area contributed by atoms with Crippen LogP contribution in [0.5, 0.6) is 0 Å². The van der Waals surface area contributed by atoms with Crippen molar-refractivity contribution >= 4 is 17.5 Å². The van der Waals surface area contributed by atoms with Gasteiger partial charge in [0, 0.05) is 29.9 Å². The molecule has 1 aliphatic rings. The molecule has 0 spiro atoms. The monoisotopic (exact) mass is 424 g/mol. The summed E-state index contributed by atoms with van der Waals surface area (Å²) in [6.45, 7) is 4.75. The molecule has 0 radical (unpaired) electrons. The van der Waals surface area contributed by atoms with Crippen LogP contribution in [0.1, 0.15) is 66.1 Å². The Kier molecular flexibility index (Phi) is 5.71. The lowest BCUT2D eigenvalue weighted by Gasteiger charge is -2.27. The summed E-state index contributed by atoms with van der Waals surface area (Å²) in [5.41, 5.74) is 2.02. The summed E-state index contributed by atoms with van der Waals surface area (Å²) in [7, 11) is 0. The molecule has 0 saturated carbocycles. The smallest absolute Gasteiger partial charge is 0.335 e. The highest BCUT2D eigenvalue weighted by molar-refractivity contribution is 5.93. The molecular formula is C23H25FN4O3. The fourth-order valence-electron chi connectivity index (χ4n) is 4.11. The minimum atomic E-state index is -1.19. The number of aromatic nitrogens is 3. The minimum absolute atomic E-state index is 0.0914. The van der Waals surface area contributed by atoms with Crippen molar-refractivity contribution in [2.45, 2.75) is 52.0 Å². The number of halogens is 1. The molecule has 0 bridgehead atoms. The van der Waals surface area contributed by atoms with Crippen LogP contribution < -0.4 is 0 Å². The largest absolute Gasteiger partial charge is 0.478 e. The molecule has 162 valence electrons. The first-order chi connectivity index (χ1) is 14.9. The van der Waals surface area contributed by atoms with Crippen molar-refractivity contribution in [3.63, 3.8) is 0 Å². The second-order valence-electron chi connectivity index (χ2n) is 7.98. The van der Waals surface area contributed by atoms with Crippen LogP contribution in [-0.2, 0) is 6.42 Å². The van der Waals surface area contributed by atoms with Crippen LogP contribution in [0.2, 0.25) is 0 Å². The highest BCUT2D eigenvalue weighted by Crippen LogP contribution is 2.25. The topological polar surface area (TPSA) is 87.8 Å². The Balaban J connectivity index is 1.75. The van der Waals surface area contributed by atoms with Gasteiger partial charge in [0.15, 0.2) is 5.65 Å². The molecular weight excluding hydrogens is 399 g/mol. The van der Waals surface area contributed by atoms with Gasteiger partial charge in [-0.15, -0.1) is 0 Å². The third kappa shape index (κ3) is 4.02. The van der Waals surface area contributed by atoms with Crippen molar-refractivity contribution in [2.24, 2.45) is 0 Å². The van der Waals surface area contributed by atoms with Gasteiger partial charge >= 0.3 is 5.97 Å². The Morgan fingerprint density at radius 1 is 1.19 bits per heavy atom. The first kappa shape index (κ1) is 21.0. The average Bonchev–Trinajstić information content (AvgIpc) is 3.06. The van der Waals surface area contributed by atoms with E-state index in [2.05, 4.69) is 17.0 Å². The molecule has 1 unspecified atom stereocenters. The number of hydrogen-bond acceptors (Lipinski definition) is 4. The van der Waals surface area contributed by atoms with Gasteiger partial charge in [-0.25, -0.2) is 18.7 Å². The van der Waals surface area contributed by atoms with Crippen LogP contribution in [0.15, 0.2) is 30.3 Å². The van der Waals surface area contributed by atoms with Gasteiger partial charge in [0.2, 0.25) is 0 Å². The lowest BCUT2D eigenvalue weighted by Crippen LogP contribution is -2.38. The molecule has 0 aliphatic carbocycles. The maximum atomic E-state index is 14.5. The Morgan fingerprint density at radius 2 is 2.00 bits per heavy atom. The number of likely N-dealkylation sites (tertiary alicyclic amines) is 1. The third-order valence-corrected chi connectivity index (χ3v) is 5.89. The molecule has 31 heavy (non-hydrogen) atoms. The normalized spacial score (nSPS) is 17.0. The first-order valence-corrected chi connectivity index (χ1v) is 10.6. The fourth-order valence-corrected chi connectivity index (χ4v) is 4.11. The van der Waals surface area contributed by atoms with Crippen LogP contribution in [0.25, 0.3) is 16.9 Å². The van der Waals surface area contributed by atoms with E-state index >= 15 is 0 Å². The summed E-state index contributed by atoms with van der Waals surface area (Å²) in [6, 6.07) is 7.27. The molecule has 1 aromatic carbocycles. The highest BCUT2D eigenvalue weighted by Gasteiger charge is 2.25. The molecule has 1 amide bonds. The molecule has 1 fully saturated rings. The summed E-state index contributed by atoms with van der Waals surface area (Å²) in [6.07, 6.45) is 4.84. The Morgan fingerprint density at radius 3 is 2.71 bits per heavy atom. The summed E-state index contributed by atoms with van der Waals surface area (Å²) in [5.74, 6) is -1.95. The quantitative estimate of drug-likeness (QED) is 0.678. The van der Waals surface area contributed by atoms with E-state index < -0.39 is 11.8 Å². The predicted molar refractivity (Wildman–Crippen MR) is 114 cm³/mol. The van der Waals surface area contributed by atoms with E-state index in [9.17, 15) is 14.0 Å². The highest BCUT2D eigenvalue weighted by atomic mass is 19.1. The van der Waals surface area contributed by atoms with Crippen molar-refractivity contribution < 1.29 is 19.1 Å². The number of nitrogens with zero attached hydrogens (tertiary/aromatic N) is 4. The maximum absolute atomic E-state index is 14.5. The van der Waals surface area contributed by atoms with E-state index in [1.165, 1.54) is 12.1 Å². The molecule has 3 heterocycles. The van der Waals surface area contributed by atoms with Crippen LogP contribution in [0.4, 0.5) is 4.39 Å². The van der Waals surface area contributed by atoms with Gasteiger partial charge in [0.25, 0.3) is 5.91 Å². The van der Waals surface area contributed by atoms with Gasteiger partial charge < -0.3 is 10.0 Å². The second-order valence-corrected chi connectivity index (χ2v) is 7.98. The zero-order valence-corrected chi connectivity index (χ0v) is 17.6. The summed E-state index contributed by atoms with van der Waals surface area (Å²) >= 11 is 0. The first-order valence-electron chi connectivity index (χ1n) is 10.6. The summed E-state index contributed by atoms with van der Waals surface area (Å²) in [5, 5.41) is 13.5. The van der Waals surface area contributed by atoms with E-state index in [0.29, 0.717) is 23.5 Å². The molecule has 7 nitrogen and oxygen atoms in total. The molecule has 1 N–H and O–H groups in total. The van der Waals surface area contributed by atoms with Gasteiger partial charge in [-0.05, 0) is 50.5 Å². The van der Waals surface area contributed by atoms with Crippen molar-refractivity contribution in [3.05, 3.63) is 53.1 Å². The van der Waals surface area contributed by atoms with Crippen LogP contribution >= 0.6 is 0 Å².